The summed E-state index contributed by atoms with van der Waals surface area (Å²) < 4.78 is 5.49. The number of carbonyl (C=O) groups excluding carboxylic acids is 1. The summed E-state index contributed by atoms with van der Waals surface area (Å²) in [7, 11) is 0. The first-order chi connectivity index (χ1) is 8.27. The van der Waals surface area contributed by atoms with Crippen LogP contribution in [0.2, 0.25) is 0 Å². The van der Waals surface area contributed by atoms with Crippen molar-refractivity contribution in [2.75, 3.05) is 6.61 Å². The van der Waals surface area contributed by atoms with E-state index in [2.05, 4.69) is 4.98 Å². The lowest BCUT2D eigenvalue weighted by Crippen LogP contribution is -2.11. The molecule has 0 atom stereocenters. The molecule has 92 valence electrons. The average Bonchev–Trinajstić information content (AvgIpc) is 2.95. The first kappa shape index (κ1) is 11.0. The molecule has 1 aromatic rings. The maximum absolute atomic E-state index is 11.9. The number of H-pyrrole nitrogens is 1. The van der Waals surface area contributed by atoms with Crippen molar-refractivity contribution in [3.05, 3.63) is 22.5 Å². The van der Waals surface area contributed by atoms with Crippen LogP contribution in [0.5, 0.6) is 0 Å². The number of rotatable bonds is 2. The van der Waals surface area contributed by atoms with E-state index in [0.717, 1.165) is 24.2 Å². The van der Waals surface area contributed by atoms with Crippen LogP contribution in [0.3, 0.4) is 0 Å². The van der Waals surface area contributed by atoms with Crippen LogP contribution >= 0.6 is 0 Å². The van der Waals surface area contributed by atoms with Crippen molar-refractivity contribution in [3.63, 3.8) is 0 Å². The van der Waals surface area contributed by atoms with Gasteiger partial charge in [-0.25, -0.2) is 0 Å². The largest absolute Gasteiger partial charge is 0.376 e. The van der Waals surface area contributed by atoms with Crippen LogP contribution in [0.1, 0.15) is 65.8 Å². The number of aromatic amines is 1. The Morgan fingerprint density at radius 2 is 2.12 bits per heavy atom. The van der Waals surface area contributed by atoms with Gasteiger partial charge in [0.25, 0.3) is 0 Å². The van der Waals surface area contributed by atoms with Gasteiger partial charge >= 0.3 is 0 Å². The minimum atomic E-state index is 0.190. The number of fused-ring (bicyclic) bond motifs is 1. The van der Waals surface area contributed by atoms with Gasteiger partial charge in [-0.05, 0) is 25.7 Å². The fraction of sp³-hybridized carbons (Fsp3) is 0.643. The molecule has 2 heterocycles. The van der Waals surface area contributed by atoms with Crippen molar-refractivity contribution >= 4 is 5.78 Å². The molecule has 0 saturated heterocycles. The van der Waals surface area contributed by atoms with Crippen molar-refractivity contribution in [3.8, 4) is 0 Å². The lowest BCUT2D eigenvalue weighted by Gasteiger charge is -2.13. The highest BCUT2D eigenvalue weighted by atomic mass is 16.5. The van der Waals surface area contributed by atoms with Gasteiger partial charge in [0.15, 0.2) is 5.78 Å². The zero-order valence-corrected chi connectivity index (χ0v) is 10.3. The van der Waals surface area contributed by atoms with Crippen molar-refractivity contribution in [2.45, 2.75) is 51.6 Å². The first-order valence-corrected chi connectivity index (χ1v) is 6.59. The third-order valence-corrected chi connectivity index (χ3v) is 4.08. The predicted octanol–water partition coefficient (Wildman–Crippen LogP) is 2.95. The van der Waals surface area contributed by atoms with E-state index in [-0.39, 0.29) is 5.78 Å². The van der Waals surface area contributed by atoms with Crippen LogP contribution in [0.25, 0.3) is 0 Å². The Bertz CT molecular complexity index is 441. The number of hydrogen-bond acceptors (Lipinski definition) is 2. The third kappa shape index (κ3) is 1.82. The molecule has 1 aromatic heterocycles. The second-order valence-electron chi connectivity index (χ2n) is 5.21. The fourth-order valence-electron chi connectivity index (χ4n) is 3.26. The lowest BCUT2D eigenvalue weighted by molar-refractivity contribution is 0.0980. The number of carbonyl (C=O) groups is 1. The van der Waals surface area contributed by atoms with Gasteiger partial charge in [0.2, 0.25) is 0 Å². The van der Waals surface area contributed by atoms with Crippen molar-refractivity contribution < 1.29 is 9.53 Å². The molecule has 0 unspecified atom stereocenters. The Morgan fingerprint density at radius 1 is 1.35 bits per heavy atom. The maximum atomic E-state index is 11.9. The van der Waals surface area contributed by atoms with Crippen LogP contribution in [-0.4, -0.2) is 17.4 Å². The first-order valence-electron chi connectivity index (χ1n) is 6.59. The smallest absolute Gasteiger partial charge is 0.161 e. The normalized spacial score (nSPS) is 20.5. The SMILES string of the molecule is CC(=O)c1c(C2CCCC2)[nH]c2c1COCC2. The molecule has 1 aliphatic carbocycles. The molecular formula is C14H19NO2. The van der Waals surface area contributed by atoms with Crippen LogP contribution in [-0.2, 0) is 17.8 Å². The van der Waals surface area contributed by atoms with Gasteiger partial charge in [-0.3, -0.25) is 4.79 Å². The van der Waals surface area contributed by atoms with Crippen LogP contribution in [0, 0.1) is 0 Å². The summed E-state index contributed by atoms with van der Waals surface area (Å²) in [6, 6.07) is 0. The molecule has 1 N–H and O–H groups in total. The van der Waals surface area contributed by atoms with Crippen molar-refractivity contribution in [2.24, 2.45) is 0 Å². The van der Waals surface area contributed by atoms with Crippen LogP contribution in [0.4, 0.5) is 0 Å². The van der Waals surface area contributed by atoms with Crippen LogP contribution < -0.4 is 0 Å². The zero-order valence-electron chi connectivity index (χ0n) is 10.3. The number of aromatic nitrogens is 1. The van der Waals surface area contributed by atoms with Gasteiger partial charge in [-0.2, -0.15) is 0 Å². The van der Waals surface area contributed by atoms with Crippen molar-refractivity contribution in [1.29, 1.82) is 0 Å². The minimum Gasteiger partial charge on any atom is -0.376 e. The summed E-state index contributed by atoms with van der Waals surface area (Å²) in [6.07, 6.45) is 5.95. The highest BCUT2D eigenvalue weighted by Gasteiger charge is 2.28. The monoisotopic (exact) mass is 233 g/mol. The minimum absolute atomic E-state index is 0.190. The molecule has 17 heavy (non-hydrogen) atoms. The van der Waals surface area contributed by atoms with E-state index in [4.69, 9.17) is 4.74 Å². The number of ether oxygens (including phenoxy) is 1. The molecule has 0 spiro atoms. The summed E-state index contributed by atoms with van der Waals surface area (Å²) in [5.74, 6) is 0.759. The standard InChI is InChI=1S/C14H19NO2/c1-9(16)13-11-8-17-7-6-12(11)15-14(13)10-4-2-3-5-10/h10,15H,2-8H2,1H3. The summed E-state index contributed by atoms with van der Waals surface area (Å²) in [5.41, 5.74) is 4.51. The molecular weight excluding hydrogens is 214 g/mol. The Kier molecular flexibility index (Phi) is 2.79. The topological polar surface area (TPSA) is 42.1 Å². The molecule has 3 nitrogen and oxygen atoms in total. The molecule has 0 amide bonds. The van der Waals surface area contributed by atoms with E-state index in [9.17, 15) is 4.79 Å². The van der Waals surface area contributed by atoms with E-state index >= 15 is 0 Å². The number of Topliss-reactive ketones (excluding diaryl/α,β-unsaturated/α-hetero) is 1. The quantitative estimate of drug-likeness (QED) is 0.798. The molecule has 1 fully saturated rings. The Morgan fingerprint density at radius 3 is 2.82 bits per heavy atom. The van der Waals surface area contributed by atoms with Gasteiger partial charge in [-0.1, -0.05) is 12.8 Å². The molecule has 2 aliphatic rings. The molecule has 3 rings (SSSR count). The molecule has 1 aliphatic heterocycles. The van der Waals surface area contributed by atoms with Gasteiger partial charge in [0, 0.05) is 28.9 Å². The molecule has 0 radical (unpaired) electrons. The third-order valence-electron chi connectivity index (χ3n) is 4.08. The average molecular weight is 233 g/mol. The van der Waals surface area contributed by atoms with Gasteiger partial charge in [0.05, 0.1) is 13.2 Å². The molecule has 0 bridgehead atoms. The molecule has 1 saturated carbocycles. The fourth-order valence-corrected chi connectivity index (χ4v) is 3.26. The number of ketones is 1. The van der Waals surface area contributed by atoms with E-state index in [1.54, 1.807) is 6.92 Å². The Hall–Kier alpha value is -1.09. The van der Waals surface area contributed by atoms with E-state index < -0.39 is 0 Å². The number of nitrogens with one attached hydrogen (secondary N) is 1. The molecule has 3 heteroatoms. The van der Waals surface area contributed by atoms with E-state index in [1.165, 1.54) is 37.1 Å². The maximum Gasteiger partial charge on any atom is 0.161 e. The Labute approximate surface area is 102 Å². The van der Waals surface area contributed by atoms with E-state index in [1.807, 2.05) is 0 Å². The number of hydrogen-bond donors (Lipinski definition) is 1. The van der Waals surface area contributed by atoms with Gasteiger partial charge in [0.1, 0.15) is 0 Å². The van der Waals surface area contributed by atoms with Crippen LogP contribution in [0.15, 0.2) is 0 Å². The second-order valence-corrected chi connectivity index (χ2v) is 5.21. The second kappa shape index (κ2) is 4.30. The summed E-state index contributed by atoms with van der Waals surface area (Å²) in [4.78, 5) is 15.4. The summed E-state index contributed by atoms with van der Waals surface area (Å²) >= 11 is 0. The van der Waals surface area contributed by atoms with Gasteiger partial charge < -0.3 is 9.72 Å². The summed E-state index contributed by atoms with van der Waals surface area (Å²) in [6.45, 7) is 3.05. The van der Waals surface area contributed by atoms with Gasteiger partial charge in [-0.15, -0.1) is 0 Å². The zero-order chi connectivity index (χ0) is 11.8. The summed E-state index contributed by atoms with van der Waals surface area (Å²) in [5, 5.41) is 0. The molecule has 0 aromatic carbocycles. The van der Waals surface area contributed by atoms with Crippen molar-refractivity contribution in [1.82, 2.24) is 4.98 Å². The Balaban J connectivity index is 2.06. The highest BCUT2D eigenvalue weighted by molar-refractivity contribution is 5.97. The highest BCUT2D eigenvalue weighted by Crippen LogP contribution is 2.38. The van der Waals surface area contributed by atoms with E-state index in [0.29, 0.717) is 12.5 Å². The lowest BCUT2D eigenvalue weighted by atomic mass is 9.95. The predicted molar refractivity (Wildman–Crippen MR) is 65.4 cm³/mol.